The summed E-state index contributed by atoms with van der Waals surface area (Å²) in [6.07, 6.45) is 2.40. The minimum Gasteiger partial charge on any atom is -0.506 e. The fraction of sp³-hybridized carbons (Fsp3) is 0.0769. The predicted octanol–water partition coefficient (Wildman–Crippen LogP) is 3.39. The minimum atomic E-state index is -0.696. The number of nitrogens with one attached hydrogen (secondary N) is 1. The van der Waals surface area contributed by atoms with E-state index in [4.69, 9.17) is 0 Å². The molecule has 2 heterocycles. The maximum atomic E-state index is 11.2. The Balaban J connectivity index is 1.87. The van der Waals surface area contributed by atoms with E-state index in [0.29, 0.717) is 21.9 Å². The Morgan fingerprint density at radius 3 is 2.96 bits per heavy atom. The summed E-state index contributed by atoms with van der Waals surface area (Å²) in [6, 6.07) is 4.41. The lowest BCUT2D eigenvalue weighted by molar-refractivity contribution is 0.187. The van der Waals surface area contributed by atoms with E-state index in [1.807, 2.05) is 0 Å². The van der Waals surface area contributed by atoms with Crippen LogP contribution in [0.4, 0.5) is 21.2 Å². The van der Waals surface area contributed by atoms with Crippen molar-refractivity contribution in [1.29, 1.82) is 0 Å². The molecule has 1 amide bonds. The van der Waals surface area contributed by atoms with Crippen LogP contribution in [0.15, 0.2) is 40.8 Å². The molecule has 0 saturated heterocycles. The van der Waals surface area contributed by atoms with E-state index in [2.05, 4.69) is 34.6 Å². The van der Waals surface area contributed by atoms with Crippen molar-refractivity contribution in [3.63, 3.8) is 0 Å². The van der Waals surface area contributed by atoms with Crippen molar-refractivity contribution in [3.8, 4) is 5.75 Å². The van der Waals surface area contributed by atoms with Crippen molar-refractivity contribution in [3.05, 3.63) is 30.6 Å². The zero-order chi connectivity index (χ0) is 16.2. The van der Waals surface area contributed by atoms with Crippen molar-refractivity contribution in [2.45, 2.75) is 0 Å². The molecule has 0 radical (unpaired) electrons. The highest BCUT2D eigenvalue weighted by Gasteiger charge is 2.09. The number of phenolic OH excluding ortho intramolecular Hbond substituents is 1. The highest BCUT2D eigenvalue weighted by molar-refractivity contribution is 7.11. The molecular weight excluding hydrogens is 320 g/mol. The van der Waals surface area contributed by atoms with Crippen molar-refractivity contribution in [2.24, 2.45) is 10.2 Å². The number of hydrogen-bond donors (Lipinski definition) is 2. The van der Waals surface area contributed by atoms with Gasteiger partial charge in [0.1, 0.15) is 11.3 Å². The highest BCUT2D eigenvalue weighted by atomic mass is 32.1. The lowest BCUT2D eigenvalue weighted by atomic mass is 10.2. The maximum Gasteiger partial charge on any atom is 0.411 e. The number of azo groups is 1. The zero-order valence-electron chi connectivity index (χ0n) is 11.8. The van der Waals surface area contributed by atoms with Crippen LogP contribution < -0.4 is 5.32 Å². The summed E-state index contributed by atoms with van der Waals surface area (Å²) in [5.41, 5.74) is 1.67. The van der Waals surface area contributed by atoms with Crippen LogP contribution >= 0.6 is 11.5 Å². The molecule has 23 heavy (non-hydrogen) atoms. The number of aromatic hydroxyl groups is 1. The van der Waals surface area contributed by atoms with Crippen molar-refractivity contribution >= 4 is 45.2 Å². The number of benzene rings is 1. The monoisotopic (exact) mass is 330 g/mol. The second-order valence-electron chi connectivity index (χ2n) is 4.23. The van der Waals surface area contributed by atoms with Crippen LogP contribution in [0.5, 0.6) is 5.75 Å². The van der Waals surface area contributed by atoms with E-state index in [0.717, 1.165) is 11.5 Å². The first-order valence-corrected chi connectivity index (χ1v) is 7.11. The smallest absolute Gasteiger partial charge is 0.411 e. The van der Waals surface area contributed by atoms with Crippen LogP contribution in [0.25, 0.3) is 11.2 Å². The van der Waals surface area contributed by atoms with Crippen LogP contribution in [0.3, 0.4) is 0 Å². The summed E-state index contributed by atoms with van der Waals surface area (Å²) in [5.74, 6) is -0.108. The molecule has 0 aliphatic carbocycles. The third-order valence-electron chi connectivity index (χ3n) is 2.76. The molecule has 0 unspecified atom stereocenters. The molecule has 3 aromatic rings. The van der Waals surface area contributed by atoms with Gasteiger partial charge in [0.25, 0.3) is 0 Å². The second kappa shape index (κ2) is 6.32. The van der Waals surface area contributed by atoms with Crippen LogP contribution in [0.1, 0.15) is 0 Å². The topological polar surface area (TPSA) is 122 Å². The van der Waals surface area contributed by atoms with Crippen molar-refractivity contribution in [1.82, 2.24) is 14.3 Å². The summed E-state index contributed by atoms with van der Waals surface area (Å²) < 4.78 is 8.59. The molecule has 0 saturated carbocycles. The lowest BCUT2D eigenvalue weighted by Crippen LogP contribution is -2.10. The van der Waals surface area contributed by atoms with Gasteiger partial charge in [0, 0.05) is 12.4 Å². The molecule has 10 heteroatoms. The van der Waals surface area contributed by atoms with E-state index in [1.165, 1.54) is 19.2 Å². The number of anilines is 1. The first kappa shape index (κ1) is 14.8. The van der Waals surface area contributed by atoms with Crippen molar-refractivity contribution in [2.75, 3.05) is 12.4 Å². The zero-order valence-corrected chi connectivity index (χ0v) is 12.6. The summed E-state index contributed by atoms with van der Waals surface area (Å²) in [4.78, 5) is 19.4. The third-order valence-corrected chi connectivity index (χ3v) is 3.47. The Kier molecular flexibility index (Phi) is 4.06. The van der Waals surface area contributed by atoms with E-state index < -0.39 is 6.09 Å². The van der Waals surface area contributed by atoms with Crippen LogP contribution in [0, 0.1) is 0 Å². The molecule has 0 fully saturated rings. The second-order valence-corrected chi connectivity index (χ2v) is 4.99. The lowest BCUT2D eigenvalue weighted by Gasteiger charge is -2.06. The molecular formula is C13H10N6O3S. The van der Waals surface area contributed by atoms with Gasteiger partial charge in [-0.3, -0.25) is 5.32 Å². The normalized spacial score (nSPS) is 11.0. The summed E-state index contributed by atoms with van der Waals surface area (Å²) >= 11 is 1.13. The molecule has 0 aliphatic rings. The molecule has 0 spiro atoms. The molecule has 0 bridgehead atoms. The van der Waals surface area contributed by atoms with Gasteiger partial charge in [0.15, 0.2) is 10.6 Å². The molecule has 116 valence electrons. The largest absolute Gasteiger partial charge is 0.506 e. The van der Waals surface area contributed by atoms with Crippen LogP contribution in [0.2, 0.25) is 0 Å². The van der Waals surface area contributed by atoms with E-state index >= 15 is 0 Å². The third kappa shape index (κ3) is 3.21. The van der Waals surface area contributed by atoms with Gasteiger partial charge in [-0.2, -0.15) is 4.37 Å². The van der Waals surface area contributed by atoms with Gasteiger partial charge in [-0.05, 0) is 29.7 Å². The van der Waals surface area contributed by atoms with Crippen LogP contribution in [-0.2, 0) is 4.74 Å². The first-order chi connectivity index (χ1) is 11.2. The summed E-state index contributed by atoms with van der Waals surface area (Å²) in [7, 11) is 1.23. The molecule has 0 aliphatic heterocycles. The Labute approximate surface area is 133 Å². The molecule has 2 aromatic heterocycles. The number of methoxy groups -OCH3 is 1. The summed E-state index contributed by atoms with van der Waals surface area (Å²) in [5, 5.41) is 20.7. The number of ether oxygens (including phenoxy) is 1. The fourth-order valence-electron chi connectivity index (χ4n) is 1.69. The fourth-order valence-corrected chi connectivity index (χ4v) is 2.31. The van der Waals surface area contributed by atoms with Gasteiger partial charge in [0.05, 0.1) is 18.5 Å². The average molecular weight is 330 g/mol. The van der Waals surface area contributed by atoms with Crippen molar-refractivity contribution < 1.29 is 14.6 Å². The SMILES string of the molecule is COC(=O)Nc1cc(/N=N/c2snc3nccnc23)ccc1O. The van der Waals surface area contributed by atoms with Gasteiger partial charge in [-0.15, -0.1) is 10.2 Å². The molecule has 3 rings (SSSR count). The minimum absolute atomic E-state index is 0.108. The molecule has 2 N–H and O–H groups in total. The maximum absolute atomic E-state index is 11.2. The Morgan fingerprint density at radius 1 is 1.30 bits per heavy atom. The number of nitrogens with zero attached hydrogens (tertiary/aromatic N) is 5. The van der Waals surface area contributed by atoms with Gasteiger partial charge < -0.3 is 9.84 Å². The van der Waals surface area contributed by atoms with E-state index in [9.17, 15) is 9.90 Å². The van der Waals surface area contributed by atoms with Gasteiger partial charge in [0.2, 0.25) is 0 Å². The Hall–Kier alpha value is -3.14. The molecule has 1 aromatic carbocycles. The number of fused-ring (bicyclic) bond motifs is 1. The predicted molar refractivity (Wildman–Crippen MR) is 83.5 cm³/mol. The summed E-state index contributed by atoms with van der Waals surface area (Å²) in [6.45, 7) is 0. The average Bonchev–Trinajstić information content (AvgIpc) is 2.98. The van der Waals surface area contributed by atoms with Gasteiger partial charge >= 0.3 is 6.09 Å². The van der Waals surface area contributed by atoms with Crippen LogP contribution in [-0.4, -0.2) is 32.7 Å². The Morgan fingerprint density at radius 2 is 2.13 bits per heavy atom. The molecule has 9 nitrogen and oxygen atoms in total. The number of aromatic nitrogens is 3. The van der Waals surface area contributed by atoms with E-state index in [-0.39, 0.29) is 11.4 Å². The van der Waals surface area contributed by atoms with E-state index in [1.54, 1.807) is 18.5 Å². The first-order valence-electron chi connectivity index (χ1n) is 6.33. The number of carbonyl (C=O) groups is 1. The Bertz CT molecular complexity index is 894. The number of rotatable bonds is 3. The molecule has 0 atom stereocenters. The van der Waals surface area contributed by atoms with Gasteiger partial charge in [-0.1, -0.05) is 0 Å². The highest BCUT2D eigenvalue weighted by Crippen LogP contribution is 2.32. The number of hydrogen-bond acceptors (Lipinski definition) is 9. The number of carbonyl (C=O) groups excluding carboxylic acids is 1. The standard InChI is InChI=1S/C13H10N6O3S/c1-22-13(21)16-8-6-7(2-3-9(8)20)17-18-12-10-11(19-23-12)15-5-4-14-10/h2-6,20H,1H3,(H,16,21)/b18-17+. The number of phenols is 1. The quantitative estimate of drug-likeness (QED) is 0.560. The number of amides is 1. The van der Waals surface area contributed by atoms with Gasteiger partial charge in [-0.25, -0.2) is 14.8 Å².